The lowest BCUT2D eigenvalue weighted by atomic mass is 10.2. The minimum atomic E-state index is -1.02. The fourth-order valence-electron chi connectivity index (χ4n) is 2.32. The highest BCUT2D eigenvalue weighted by Gasteiger charge is 2.16. The average Bonchev–Trinajstić information content (AvgIpc) is 2.93. The number of carbonyl (C=O) groups excluding carboxylic acids is 1. The summed E-state index contributed by atoms with van der Waals surface area (Å²) >= 11 is 1.03. The summed E-state index contributed by atoms with van der Waals surface area (Å²) < 4.78 is 11.0. The third kappa shape index (κ3) is 3.65. The molecule has 0 aliphatic carbocycles. The molecule has 0 bridgehead atoms. The largest absolute Gasteiger partial charge is 0.486 e. The molecule has 7 nitrogen and oxygen atoms in total. The van der Waals surface area contributed by atoms with Crippen LogP contribution in [0.1, 0.15) is 25.9 Å². The van der Waals surface area contributed by atoms with Crippen LogP contribution in [0.15, 0.2) is 18.2 Å². The number of carboxylic acid groups (broad SMARTS) is 1. The molecule has 0 atom stereocenters. The summed E-state index contributed by atoms with van der Waals surface area (Å²) in [6, 6.07) is 5.52. The van der Waals surface area contributed by atoms with Crippen molar-refractivity contribution >= 4 is 23.2 Å². The maximum absolute atomic E-state index is 12.0. The fourth-order valence-corrected chi connectivity index (χ4v) is 3.23. The van der Waals surface area contributed by atoms with Gasteiger partial charge in [-0.15, -0.1) is 11.3 Å². The Morgan fingerprint density at radius 1 is 1.29 bits per heavy atom. The molecule has 3 rings (SSSR count). The number of nitrogens with zero attached hydrogens (tertiary/aromatic N) is 1. The molecule has 8 heteroatoms. The number of carboxylic acids is 1. The van der Waals surface area contributed by atoms with Crippen molar-refractivity contribution < 1.29 is 24.2 Å². The van der Waals surface area contributed by atoms with Crippen LogP contribution in [0, 0.1) is 6.92 Å². The smallest absolute Gasteiger partial charge is 0.347 e. The van der Waals surface area contributed by atoms with E-state index in [-0.39, 0.29) is 17.2 Å². The Labute approximate surface area is 142 Å². The van der Waals surface area contributed by atoms with Crippen molar-refractivity contribution in [3.63, 3.8) is 0 Å². The number of aryl methyl sites for hydroxylation is 1. The Bertz CT molecular complexity index is 787. The van der Waals surface area contributed by atoms with Gasteiger partial charge in [0.2, 0.25) is 5.91 Å². The molecule has 1 aromatic carbocycles. The summed E-state index contributed by atoms with van der Waals surface area (Å²) in [6.07, 6.45) is 0.0589. The highest BCUT2D eigenvalue weighted by atomic mass is 32.1. The van der Waals surface area contributed by atoms with Crippen molar-refractivity contribution in [1.82, 2.24) is 10.3 Å². The first-order valence-electron chi connectivity index (χ1n) is 7.38. The number of rotatable bonds is 5. The first kappa shape index (κ1) is 16.3. The molecule has 24 heavy (non-hydrogen) atoms. The lowest BCUT2D eigenvalue weighted by Crippen LogP contribution is -2.24. The minimum Gasteiger partial charge on any atom is -0.486 e. The summed E-state index contributed by atoms with van der Waals surface area (Å²) in [6.45, 7) is 3.02. The van der Waals surface area contributed by atoms with Gasteiger partial charge in [-0.05, 0) is 24.6 Å². The van der Waals surface area contributed by atoms with Gasteiger partial charge in [0.1, 0.15) is 23.1 Å². The highest BCUT2D eigenvalue weighted by Crippen LogP contribution is 2.30. The second-order valence-corrected chi connectivity index (χ2v) is 6.34. The van der Waals surface area contributed by atoms with Crippen molar-refractivity contribution in [1.29, 1.82) is 0 Å². The number of nitrogens with one attached hydrogen (secondary N) is 1. The van der Waals surface area contributed by atoms with Crippen LogP contribution in [-0.2, 0) is 17.8 Å². The van der Waals surface area contributed by atoms with Gasteiger partial charge < -0.3 is 19.9 Å². The van der Waals surface area contributed by atoms with Gasteiger partial charge in [-0.2, -0.15) is 0 Å². The summed E-state index contributed by atoms with van der Waals surface area (Å²) in [7, 11) is 0. The van der Waals surface area contributed by atoms with Crippen molar-refractivity contribution in [3.05, 3.63) is 39.3 Å². The first-order valence-corrected chi connectivity index (χ1v) is 8.19. The van der Waals surface area contributed by atoms with Gasteiger partial charge in [0, 0.05) is 6.54 Å². The summed E-state index contributed by atoms with van der Waals surface area (Å²) in [5.74, 6) is 0.147. The number of thiazole rings is 1. The van der Waals surface area contributed by atoms with Crippen molar-refractivity contribution in [2.75, 3.05) is 13.2 Å². The van der Waals surface area contributed by atoms with Crippen molar-refractivity contribution in [3.8, 4) is 11.5 Å². The van der Waals surface area contributed by atoms with E-state index in [0.29, 0.717) is 42.0 Å². The number of ether oxygens (including phenoxy) is 2. The van der Waals surface area contributed by atoms with Crippen LogP contribution in [0.25, 0.3) is 0 Å². The standard InChI is InChI=1S/C16H16N2O5S/c1-9-15(16(20)21)24-14(18-9)7-13(19)17-8-10-2-3-11-12(6-10)23-5-4-22-11/h2-3,6H,4-5,7-8H2,1H3,(H,17,19)(H,20,21). The van der Waals surface area contributed by atoms with Gasteiger partial charge >= 0.3 is 5.97 Å². The number of carbonyl (C=O) groups is 2. The maximum atomic E-state index is 12.0. The van der Waals surface area contributed by atoms with E-state index < -0.39 is 5.97 Å². The summed E-state index contributed by atoms with van der Waals surface area (Å²) in [5, 5.41) is 12.3. The Balaban J connectivity index is 1.57. The molecule has 0 fully saturated rings. The van der Waals surface area contributed by atoms with Gasteiger partial charge in [0.15, 0.2) is 11.5 Å². The number of fused-ring (bicyclic) bond motifs is 1. The summed E-state index contributed by atoms with van der Waals surface area (Å²) in [5.41, 5.74) is 1.33. The monoisotopic (exact) mass is 348 g/mol. The Morgan fingerprint density at radius 3 is 2.75 bits per heavy atom. The normalized spacial score (nSPS) is 12.7. The molecule has 0 saturated carbocycles. The maximum Gasteiger partial charge on any atom is 0.347 e. The van der Waals surface area contributed by atoms with Gasteiger partial charge in [0.25, 0.3) is 0 Å². The molecule has 1 aromatic heterocycles. The molecular formula is C16H16N2O5S. The average molecular weight is 348 g/mol. The van der Waals surface area contributed by atoms with Crippen LogP contribution >= 0.6 is 11.3 Å². The van der Waals surface area contributed by atoms with Gasteiger partial charge in [-0.1, -0.05) is 6.07 Å². The molecule has 1 aliphatic heterocycles. The second-order valence-electron chi connectivity index (χ2n) is 5.26. The van der Waals surface area contributed by atoms with Crippen molar-refractivity contribution in [2.24, 2.45) is 0 Å². The number of aromatic nitrogens is 1. The molecule has 2 aromatic rings. The Hall–Kier alpha value is -2.61. The van der Waals surface area contributed by atoms with E-state index in [4.69, 9.17) is 14.6 Å². The molecule has 0 unspecified atom stereocenters. The van der Waals surface area contributed by atoms with E-state index in [1.54, 1.807) is 6.92 Å². The fraction of sp³-hybridized carbons (Fsp3) is 0.312. The van der Waals surface area contributed by atoms with E-state index in [2.05, 4.69) is 10.3 Å². The van der Waals surface area contributed by atoms with Crippen LogP contribution in [0.2, 0.25) is 0 Å². The number of aromatic carboxylic acids is 1. The van der Waals surface area contributed by atoms with Crippen LogP contribution in [-0.4, -0.2) is 35.2 Å². The zero-order chi connectivity index (χ0) is 17.1. The second kappa shape index (κ2) is 6.88. The highest BCUT2D eigenvalue weighted by molar-refractivity contribution is 7.13. The van der Waals surface area contributed by atoms with E-state index >= 15 is 0 Å². The number of amides is 1. The quantitative estimate of drug-likeness (QED) is 0.855. The number of hydrogen-bond acceptors (Lipinski definition) is 6. The van der Waals surface area contributed by atoms with Gasteiger partial charge in [-0.25, -0.2) is 9.78 Å². The molecule has 1 amide bonds. The molecular weight excluding hydrogens is 332 g/mol. The zero-order valence-electron chi connectivity index (χ0n) is 13.0. The Kier molecular flexibility index (Phi) is 4.66. The van der Waals surface area contributed by atoms with E-state index in [1.165, 1.54) is 0 Å². The van der Waals surface area contributed by atoms with E-state index in [9.17, 15) is 9.59 Å². The van der Waals surface area contributed by atoms with Gasteiger partial charge in [-0.3, -0.25) is 4.79 Å². The summed E-state index contributed by atoms with van der Waals surface area (Å²) in [4.78, 5) is 27.3. The van der Waals surface area contributed by atoms with E-state index in [1.807, 2.05) is 18.2 Å². The number of benzene rings is 1. The third-order valence-corrected chi connectivity index (χ3v) is 4.59. The van der Waals surface area contributed by atoms with Crippen molar-refractivity contribution in [2.45, 2.75) is 19.9 Å². The van der Waals surface area contributed by atoms with Crippen LogP contribution in [0.5, 0.6) is 11.5 Å². The zero-order valence-corrected chi connectivity index (χ0v) is 13.8. The molecule has 0 radical (unpaired) electrons. The lowest BCUT2D eigenvalue weighted by molar-refractivity contribution is -0.120. The van der Waals surface area contributed by atoms with E-state index in [0.717, 1.165) is 16.9 Å². The topological polar surface area (TPSA) is 97.8 Å². The molecule has 1 aliphatic rings. The SMILES string of the molecule is Cc1nc(CC(=O)NCc2ccc3c(c2)OCCO3)sc1C(=O)O. The lowest BCUT2D eigenvalue weighted by Gasteiger charge is -2.18. The van der Waals surface area contributed by atoms with Crippen LogP contribution < -0.4 is 14.8 Å². The predicted molar refractivity (Wildman–Crippen MR) is 86.8 cm³/mol. The molecule has 126 valence electrons. The van der Waals surface area contributed by atoms with Gasteiger partial charge in [0.05, 0.1) is 12.1 Å². The molecule has 2 N–H and O–H groups in total. The minimum absolute atomic E-state index is 0.0589. The first-order chi connectivity index (χ1) is 11.5. The van der Waals surface area contributed by atoms with Crippen LogP contribution in [0.4, 0.5) is 0 Å². The molecule has 2 heterocycles. The molecule has 0 saturated heterocycles. The molecule has 0 spiro atoms. The third-order valence-electron chi connectivity index (χ3n) is 3.44. The predicted octanol–water partition coefficient (Wildman–Crippen LogP) is 1.78. The number of hydrogen-bond donors (Lipinski definition) is 2. The Morgan fingerprint density at radius 2 is 2.04 bits per heavy atom. The van der Waals surface area contributed by atoms with Crippen LogP contribution in [0.3, 0.4) is 0 Å².